The molecule has 162 valence electrons. The molecule has 2 aromatic rings. The lowest BCUT2D eigenvalue weighted by Gasteiger charge is -2.32. The number of carbonyl (C=O) groups excluding carboxylic acids is 1. The Morgan fingerprint density at radius 2 is 1.90 bits per heavy atom. The molecule has 1 aromatic heterocycles. The number of hydrogen-bond donors (Lipinski definition) is 1. The first-order chi connectivity index (χ1) is 15.0. The number of rotatable bonds is 6. The Labute approximate surface area is 186 Å². The summed E-state index contributed by atoms with van der Waals surface area (Å²) in [6, 6.07) is 11.5. The van der Waals surface area contributed by atoms with Crippen LogP contribution in [0.2, 0.25) is 0 Å². The topological polar surface area (TPSA) is 93.5 Å². The maximum Gasteiger partial charge on any atom is 0.239 e. The number of nitrogens with zero attached hydrogens (tertiary/aromatic N) is 3. The highest BCUT2D eigenvalue weighted by molar-refractivity contribution is 7.92. The van der Waals surface area contributed by atoms with E-state index in [1.165, 1.54) is 25.9 Å². The van der Waals surface area contributed by atoms with Gasteiger partial charge >= 0.3 is 0 Å². The number of carbonyl (C=O) groups is 1. The quantitative estimate of drug-likeness (QED) is 0.721. The van der Waals surface area contributed by atoms with Crippen LogP contribution in [0.25, 0.3) is 6.08 Å². The molecule has 1 aliphatic heterocycles. The van der Waals surface area contributed by atoms with Gasteiger partial charge in [-0.3, -0.25) is 9.69 Å². The van der Waals surface area contributed by atoms with Crippen LogP contribution in [0.1, 0.15) is 28.0 Å². The summed E-state index contributed by atoms with van der Waals surface area (Å²) in [5.41, 5.74) is 2.52. The van der Waals surface area contributed by atoms with Crippen molar-refractivity contribution in [2.75, 3.05) is 38.0 Å². The van der Waals surface area contributed by atoms with Gasteiger partial charge in [-0.25, -0.2) is 8.42 Å². The Balaban J connectivity index is 1.30. The van der Waals surface area contributed by atoms with E-state index in [4.69, 9.17) is 0 Å². The van der Waals surface area contributed by atoms with E-state index in [9.17, 15) is 18.5 Å². The minimum atomic E-state index is -3.50. The van der Waals surface area contributed by atoms with Crippen LogP contribution < -0.4 is 5.32 Å². The van der Waals surface area contributed by atoms with E-state index in [0.29, 0.717) is 36.7 Å². The Hall–Kier alpha value is -2.51. The maximum atomic E-state index is 12.6. The monoisotopic (exact) mass is 456 g/mol. The zero-order chi connectivity index (χ0) is 21.8. The molecule has 0 saturated carbocycles. The molecule has 0 spiro atoms. The van der Waals surface area contributed by atoms with Gasteiger partial charge in [0.1, 0.15) is 11.1 Å². The third-order valence-electron chi connectivity index (χ3n) is 5.58. The molecule has 0 unspecified atom stereocenters. The third-order valence-corrected chi connectivity index (χ3v) is 8.35. The molecule has 4 rings (SSSR count). The van der Waals surface area contributed by atoms with Crippen LogP contribution in [0.4, 0.5) is 5.00 Å². The van der Waals surface area contributed by atoms with Gasteiger partial charge in [0.2, 0.25) is 15.9 Å². The van der Waals surface area contributed by atoms with Crippen molar-refractivity contribution in [3.8, 4) is 6.07 Å². The van der Waals surface area contributed by atoms with Crippen LogP contribution in [-0.4, -0.2) is 56.3 Å². The smallest absolute Gasteiger partial charge is 0.239 e. The molecule has 0 radical (unpaired) electrons. The molecule has 0 bridgehead atoms. The highest BCUT2D eigenvalue weighted by Crippen LogP contribution is 2.38. The van der Waals surface area contributed by atoms with Crippen LogP contribution in [0.5, 0.6) is 0 Å². The number of benzene rings is 1. The van der Waals surface area contributed by atoms with Crippen LogP contribution in [0, 0.1) is 11.3 Å². The molecular formula is C22H24N4O3S2. The fraction of sp³-hybridized carbons (Fsp3) is 0.364. The van der Waals surface area contributed by atoms with Crippen molar-refractivity contribution < 1.29 is 13.2 Å². The van der Waals surface area contributed by atoms with Gasteiger partial charge < -0.3 is 5.32 Å². The molecule has 1 saturated heterocycles. The lowest BCUT2D eigenvalue weighted by atomic mass is 10.1. The minimum Gasteiger partial charge on any atom is -0.315 e. The normalized spacial score (nSPS) is 17.5. The number of hydrogen-bond acceptors (Lipinski definition) is 6. The van der Waals surface area contributed by atoms with Gasteiger partial charge in [0.25, 0.3) is 0 Å². The van der Waals surface area contributed by atoms with Crippen LogP contribution in [-0.2, 0) is 27.7 Å². The molecule has 1 fully saturated rings. The number of thiophene rings is 1. The second-order valence-electron chi connectivity index (χ2n) is 7.66. The first kappa shape index (κ1) is 21.7. The number of anilines is 1. The molecule has 2 heterocycles. The van der Waals surface area contributed by atoms with Gasteiger partial charge in [-0.05, 0) is 36.5 Å². The van der Waals surface area contributed by atoms with Crippen molar-refractivity contribution in [3.05, 3.63) is 57.3 Å². The standard InChI is InChI=1S/C22H24N4O3S2/c23-15-19-18-7-4-8-20(18)30-22(19)24-21(27)16-25-10-12-26(13-11-25)31(28,29)14-9-17-5-2-1-3-6-17/h1-3,5-6,9,14H,4,7-8,10-13,16H2,(H,24,27). The van der Waals surface area contributed by atoms with Gasteiger partial charge in [0.15, 0.2) is 0 Å². The van der Waals surface area contributed by atoms with Gasteiger partial charge in [0, 0.05) is 36.5 Å². The van der Waals surface area contributed by atoms with Gasteiger partial charge in [-0.2, -0.15) is 9.57 Å². The summed E-state index contributed by atoms with van der Waals surface area (Å²) in [6.07, 6.45) is 4.54. The molecular weight excluding hydrogens is 432 g/mol. The number of fused-ring (bicyclic) bond motifs is 1. The average molecular weight is 457 g/mol. The summed E-state index contributed by atoms with van der Waals surface area (Å²) >= 11 is 1.50. The van der Waals surface area contributed by atoms with Crippen molar-refractivity contribution >= 4 is 38.3 Å². The fourth-order valence-electron chi connectivity index (χ4n) is 3.94. The SMILES string of the molecule is N#Cc1c(NC(=O)CN2CCN(S(=O)(=O)C=Cc3ccccc3)CC2)sc2c1CCC2. The third kappa shape index (κ3) is 5.05. The summed E-state index contributed by atoms with van der Waals surface area (Å²) < 4.78 is 26.6. The van der Waals surface area contributed by atoms with E-state index in [0.717, 1.165) is 30.4 Å². The molecule has 31 heavy (non-hydrogen) atoms. The lowest BCUT2D eigenvalue weighted by molar-refractivity contribution is -0.117. The van der Waals surface area contributed by atoms with E-state index >= 15 is 0 Å². The Kier molecular flexibility index (Phi) is 6.53. The Morgan fingerprint density at radius 1 is 1.16 bits per heavy atom. The van der Waals surface area contributed by atoms with E-state index in [1.54, 1.807) is 6.08 Å². The zero-order valence-corrected chi connectivity index (χ0v) is 18.7. The maximum absolute atomic E-state index is 12.6. The number of aryl methyl sites for hydroxylation is 1. The molecule has 9 heteroatoms. The predicted molar refractivity (Wildman–Crippen MR) is 122 cm³/mol. The Morgan fingerprint density at radius 3 is 2.61 bits per heavy atom. The number of nitrogens with one attached hydrogen (secondary N) is 1. The highest BCUT2D eigenvalue weighted by atomic mass is 32.2. The van der Waals surface area contributed by atoms with Crippen molar-refractivity contribution in [2.45, 2.75) is 19.3 Å². The van der Waals surface area contributed by atoms with E-state index < -0.39 is 10.0 Å². The summed E-state index contributed by atoms with van der Waals surface area (Å²) in [7, 11) is -3.50. The summed E-state index contributed by atoms with van der Waals surface area (Å²) in [6.45, 7) is 1.83. The zero-order valence-electron chi connectivity index (χ0n) is 17.1. The number of nitriles is 1. The largest absolute Gasteiger partial charge is 0.315 e. The highest BCUT2D eigenvalue weighted by Gasteiger charge is 2.27. The summed E-state index contributed by atoms with van der Waals surface area (Å²) in [4.78, 5) is 15.7. The second-order valence-corrected chi connectivity index (χ2v) is 10.6. The van der Waals surface area contributed by atoms with E-state index in [2.05, 4.69) is 11.4 Å². The summed E-state index contributed by atoms with van der Waals surface area (Å²) in [5, 5.41) is 14.2. The van der Waals surface area contributed by atoms with E-state index in [1.807, 2.05) is 35.2 Å². The van der Waals surface area contributed by atoms with Crippen LogP contribution in [0.3, 0.4) is 0 Å². The van der Waals surface area contributed by atoms with Crippen molar-refractivity contribution in [1.29, 1.82) is 5.26 Å². The molecule has 7 nitrogen and oxygen atoms in total. The molecule has 1 N–H and O–H groups in total. The summed E-state index contributed by atoms with van der Waals surface area (Å²) in [5.74, 6) is -0.170. The van der Waals surface area contributed by atoms with Crippen molar-refractivity contribution in [1.82, 2.24) is 9.21 Å². The van der Waals surface area contributed by atoms with Crippen molar-refractivity contribution in [2.24, 2.45) is 0 Å². The minimum absolute atomic E-state index is 0.170. The van der Waals surface area contributed by atoms with E-state index in [-0.39, 0.29) is 12.5 Å². The first-order valence-corrected chi connectivity index (χ1v) is 12.6. The van der Waals surface area contributed by atoms with Gasteiger partial charge in [-0.15, -0.1) is 11.3 Å². The first-order valence-electron chi connectivity index (χ1n) is 10.3. The number of piperazine rings is 1. The molecule has 1 amide bonds. The Bertz CT molecular complexity index is 1130. The molecule has 0 atom stereocenters. The van der Waals surface area contributed by atoms with Crippen molar-refractivity contribution in [3.63, 3.8) is 0 Å². The van der Waals surface area contributed by atoms with Gasteiger partial charge in [-0.1, -0.05) is 30.3 Å². The average Bonchev–Trinajstić information content (AvgIpc) is 3.34. The fourth-order valence-corrected chi connectivity index (χ4v) is 6.37. The van der Waals surface area contributed by atoms with Gasteiger partial charge in [0.05, 0.1) is 12.1 Å². The number of sulfonamides is 1. The number of amides is 1. The van der Waals surface area contributed by atoms with Crippen LogP contribution in [0.15, 0.2) is 35.7 Å². The molecule has 1 aliphatic carbocycles. The molecule has 1 aromatic carbocycles. The molecule has 2 aliphatic rings. The second kappa shape index (κ2) is 9.32. The predicted octanol–water partition coefficient (Wildman–Crippen LogP) is 2.67. The lowest BCUT2D eigenvalue weighted by Crippen LogP contribution is -2.49. The van der Waals surface area contributed by atoms with Crippen LogP contribution >= 0.6 is 11.3 Å².